The molecule has 0 saturated heterocycles. The topological polar surface area (TPSA) is 80.4 Å². The summed E-state index contributed by atoms with van der Waals surface area (Å²) in [6, 6.07) is 8.67. The third kappa shape index (κ3) is 2.60. The third-order valence-corrected chi connectivity index (χ3v) is 3.22. The molecular weight excluding hydrogens is 272 g/mol. The van der Waals surface area contributed by atoms with Gasteiger partial charge >= 0.3 is 0 Å². The van der Waals surface area contributed by atoms with Crippen molar-refractivity contribution in [3.63, 3.8) is 0 Å². The van der Waals surface area contributed by atoms with Gasteiger partial charge in [0, 0.05) is 17.8 Å². The molecule has 1 aromatic carbocycles. The van der Waals surface area contributed by atoms with E-state index in [1.54, 1.807) is 19.1 Å². The average Bonchev–Trinajstić information content (AvgIpc) is 2.93. The molecule has 3 rings (SSSR count). The number of hydrogen-bond acceptors (Lipinski definition) is 4. The highest BCUT2D eigenvalue weighted by Crippen LogP contribution is 2.35. The van der Waals surface area contributed by atoms with Crippen LogP contribution < -0.4 is 20.3 Å². The van der Waals surface area contributed by atoms with Crippen LogP contribution in [0.3, 0.4) is 0 Å². The average molecular weight is 286 g/mol. The van der Waals surface area contributed by atoms with E-state index >= 15 is 0 Å². The molecule has 6 nitrogen and oxygen atoms in total. The van der Waals surface area contributed by atoms with Crippen molar-refractivity contribution in [3.8, 4) is 11.5 Å². The molecule has 0 fully saturated rings. The molecule has 1 aliphatic heterocycles. The quantitative estimate of drug-likeness (QED) is 0.892. The highest BCUT2D eigenvalue weighted by molar-refractivity contribution is 5.93. The minimum absolute atomic E-state index is 0.0883. The predicted molar refractivity (Wildman–Crippen MR) is 75.5 cm³/mol. The van der Waals surface area contributed by atoms with Crippen molar-refractivity contribution >= 4 is 5.91 Å². The summed E-state index contributed by atoms with van der Waals surface area (Å²) in [7, 11) is 0. The second kappa shape index (κ2) is 5.32. The number of fused-ring (bicyclic) bond motifs is 1. The number of rotatable bonds is 3. The molecule has 0 saturated carbocycles. The van der Waals surface area contributed by atoms with Gasteiger partial charge in [0.15, 0.2) is 11.5 Å². The lowest BCUT2D eigenvalue weighted by atomic mass is 10.1. The van der Waals surface area contributed by atoms with E-state index in [9.17, 15) is 9.59 Å². The Labute approximate surface area is 120 Å². The predicted octanol–water partition coefficient (Wildman–Crippen LogP) is 1.34. The number of carbonyl (C=O) groups is 1. The van der Waals surface area contributed by atoms with E-state index in [-0.39, 0.29) is 18.9 Å². The Morgan fingerprint density at radius 2 is 2.14 bits per heavy atom. The van der Waals surface area contributed by atoms with Gasteiger partial charge in [-0.15, -0.1) is 0 Å². The number of carbonyl (C=O) groups excluding carboxylic acids is 1. The summed E-state index contributed by atoms with van der Waals surface area (Å²) in [5.41, 5.74) is 1.21. The van der Waals surface area contributed by atoms with Crippen molar-refractivity contribution in [2.24, 2.45) is 0 Å². The summed E-state index contributed by atoms with van der Waals surface area (Å²) in [6.45, 7) is 2.20. The Hall–Kier alpha value is -2.76. The summed E-state index contributed by atoms with van der Waals surface area (Å²) < 4.78 is 10.6. The van der Waals surface area contributed by atoms with E-state index in [0.717, 1.165) is 5.56 Å². The summed E-state index contributed by atoms with van der Waals surface area (Å²) in [5, 5.41) is 2.71. The largest absolute Gasteiger partial charge is 0.454 e. The fourth-order valence-corrected chi connectivity index (χ4v) is 2.15. The maximum atomic E-state index is 12.0. The van der Waals surface area contributed by atoms with Crippen LogP contribution in [0.1, 0.15) is 21.6 Å². The summed E-state index contributed by atoms with van der Waals surface area (Å²) in [5.74, 6) is 0.873. The van der Waals surface area contributed by atoms with Crippen LogP contribution in [0.4, 0.5) is 0 Å². The molecule has 1 aromatic heterocycles. The van der Waals surface area contributed by atoms with Gasteiger partial charge in [0.25, 0.3) is 11.5 Å². The molecule has 21 heavy (non-hydrogen) atoms. The second-order valence-electron chi connectivity index (χ2n) is 4.72. The lowest BCUT2D eigenvalue weighted by Crippen LogP contribution is -2.29. The molecule has 0 aliphatic carbocycles. The van der Waals surface area contributed by atoms with Crippen molar-refractivity contribution in [1.82, 2.24) is 10.3 Å². The van der Waals surface area contributed by atoms with E-state index in [1.807, 2.05) is 12.1 Å². The van der Waals surface area contributed by atoms with Gasteiger partial charge < -0.3 is 19.8 Å². The lowest BCUT2D eigenvalue weighted by molar-refractivity contribution is 0.0949. The van der Waals surface area contributed by atoms with E-state index in [1.165, 1.54) is 6.07 Å². The normalized spacial score (nSPS) is 12.2. The van der Waals surface area contributed by atoms with Gasteiger partial charge in [0.1, 0.15) is 5.56 Å². The fraction of sp³-hybridized carbons (Fsp3) is 0.200. The molecule has 0 spiro atoms. The lowest BCUT2D eigenvalue weighted by Gasteiger charge is -2.07. The molecule has 0 radical (unpaired) electrons. The van der Waals surface area contributed by atoms with Crippen LogP contribution in [-0.4, -0.2) is 17.7 Å². The molecule has 1 aliphatic rings. The molecule has 108 valence electrons. The first kappa shape index (κ1) is 13.2. The number of ether oxygens (including phenoxy) is 2. The van der Waals surface area contributed by atoms with E-state index in [2.05, 4.69) is 10.3 Å². The number of nitrogens with one attached hydrogen (secondary N) is 2. The molecular formula is C15H14N2O4. The fourth-order valence-electron chi connectivity index (χ4n) is 2.15. The zero-order chi connectivity index (χ0) is 14.8. The van der Waals surface area contributed by atoms with Crippen molar-refractivity contribution < 1.29 is 14.3 Å². The Kier molecular flexibility index (Phi) is 3.35. The van der Waals surface area contributed by atoms with Gasteiger partial charge in [-0.05, 0) is 25.1 Å². The highest BCUT2D eigenvalue weighted by Gasteiger charge is 2.18. The van der Waals surface area contributed by atoms with Crippen LogP contribution in [0.15, 0.2) is 35.1 Å². The summed E-state index contributed by atoms with van der Waals surface area (Å²) in [4.78, 5) is 26.4. The van der Waals surface area contributed by atoms with Crippen LogP contribution in [-0.2, 0) is 6.54 Å². The molecule has 2 aromatic rings. The van der Waals surface area contributed by atoms with Crippen LogP contribution >= 0.6 is 0 Å². The molecule has 0 bridgehead atoms. The maximum Gasteiger partial charge on any atom is 0.260 e. The van der Waals surface area contributed by atoms with Gasteiger partial charge in [-0.2, -0.15) is 0 Å². The van der Waals surface area contributed by atoms with E-state index in [0.29, 0.717) is 17.2 Å². The second-order valence-corrected chi connectivity index (χ2v) is 4.72. The molecule has 6 heteroatoms. The Morgan fingerprint density at radius 3 is 2.95 bits per heavy atom. The minimum Gasteiger partial charge on any atom is -0.454 e. The number of amides is 1. The number of aromatic nitrogens is 1. The summed E-state index contributed by atoms with van der Waals surface area (Å²) >= 11 is 0. The Balaban J connectivity index is 1.75. The molecule has 2 N–H and O–H groups in total. The molecule has 1 amide bonds. The van der Waals surface area contributed by atoms with Gasteiger partial charge in [-0.25, -0.2) is 0 Å². The van der Waals surface area contributed by atoms with Crippen LogP contribution in [0.5, 0.6) is 11.5 Å². The Bertz CT molecular complexity index is 752. The van der Waals surface area contributed by atoms with Crippen molar-refractivity contribution in [3.05, 3.63) is 57.5 Å². The molecule has 0 unspecified atom stereocenters. The smallest absolute Gasteiger partial charge is 0.260 e. The SMILES string of the molecule is Cc1ccc(C(=O)NCc2cccc3c2OCO3)c(=O)[nH]1. The van der Waals surface area contributed by atoms with E-state index in [4.69, 9.17) is 9.47 Å². The van der Waals surface area contributed by atoms with Crippen molar-refractivity contribution in [2.45, 2.75) is 13.5 Å². The minimum atomic E-state index is -0.423. The molecule has 2 heterocycles. The summed E-state index contributed by atoms with van der Waals surface area (Å²) in [6.07, 6.45) is 0. The number of pyridine rings is 1. The van der Waals surface area contributed by atoms with Crippen LogP contribution in [0.25, 0.3) is 0 Å². The zero-order valence-corrected chi connectivity index (χ0v) is 11.4. The number of para-hydroxylation sites is 1. The monoisotopic (exact) mass is 286 g/mol. The number of hydrogen-bond donors (Lipinski definition) is 2. The zero-order valence-electron chi connectivity index (χ0n) is 11.4. The first-order valence-electron chi connectivity index (χ1n) is 6.51. The van der Waals surface area contributed by atoms with Crippen molar-refractivity contribution in [2.75, 3.05) is 6.79 Å². The molecule has 0 atom stereocenters. The van der Waals surface area contributed by atoms with Gasteiger partial charge in [0.05, 0.1) is 0 Å². The number of aromatic amines is 1. The van der Waals surface area contributed by atoms with E-state index < -0.39 is 11.5 Å². The van der Waals surface area contributed by atoms with Gasteiger partial charge in [-0.1, -0.05) is 12.1 Å². The Morgan fingerprint density at radius 1 is 1.29 bits per heavy atom. The van der Waals surface area contributed by atoms with Crippen LogP contribution in [0.2, 0.25) is 0 Å². The third-order valence-electron chi connectivity index (χ3n) is 3.22. The first-order valence-corrected chi connectivity index (χ1v) is 6.51. The standard InChI is InChI=1S/C15H14N2O4/c1-9-5-6-11(15(19)17-9)14(18)16-7-10-3-2-4-12-13(10)21-8-20-12/h2-6H,7-8H2,1H3,(H,16,18)(H,17,19). The van der Waals surface area contributed by atoms with Gasteiger partial charge in [0.2, 0.25) is 6.79 Å². The number of H-pyrrole nitrogens is 1. The number of aryl methyl sites for hydroxylation is 1. The van der Waals surface area contributed by atoms with Crippen LogP contribution in [0, 0.1) is 6.92 Å². The van der Waals surface area contributed by atoms with Gasteiger partial charge in [-0.3, -0.25) is 9.59 Å². The first-order chi connectivity index (χ1) is 10.1. The number of benzene rings is 1. The van der Waals surface area contributed by atoms with Crippen molar-refractivity contribution in [1.29, 1.82) is 0 Å². The highest BCUT2D eigenvalue weighted by atomic mass is 16.7. The maximum absolute atomic E-state index is 12.0.